The van der Waals surface area contributed by atoms with Gasteiger partial charge in [0.05, 0.1) is 12.7 Å². The van der Waals surface area contributed by atoms with Gasteiger partial charge < -0.3 is 15.4 Å². The minimum atomic E-state index is 0. The number of rotatable bonds is 2. The molecule has 1 heterocycles. The molecule has 0 aromatic carbocycles. The van der Waals surface area contributed by atoms with E-state index in [2.05, 4.69) is 23.7 Å². The summed E-state index contributed by atoms with van der Waals surface area (Å²) >= 11 is 0. The lowest BCUT2D eigenvalue weighted by molar-refractivity contribution is 0.00526. The van der Waals surface area contributed by atoms with Crippen molar-refractivity contribution in [3.05, 3.63) is 0 Å². The molecule has 3 atom stereocenters. The third kappa shape index (κ3) is 5.45. The van der Waals surface area contributed by atoms with Gasteiger partial charge in [0.1, 0.15) is 0 Å². The zero-order valence-electron chi connectivity index (χ0n) is 12.2. The predicted octanol–water partition coefficient (Wildman–Crippen LogP) is 2.47. The molecule has 2 rings (SSSR count). The summed E-state index contributed by atoms with van der Waals surface area (Å²) in [6.07, 6.45) is 5.64. The molecule has 1 aliphatic heterocycles. The lowest BCUT2D eigenvalue weighted by Gasteiger charge is -2.32. The lowest BCUT2D eigenvalue weighted by Crippen LogP contribution is -2.48. The van der Waals surface area contributed by atoms with Crippen molar-refractivity contribution < 1.29 is 4.74 Å². The van der Waals surface area contributed by atoms with Gasteiger partial charge in [-0.3, -0.25) is 4.99 Å². The van der Waals surface area contributed by atoms with Gasteiger partial charge in [-0.25, -0.2) is 0 Å². The summed E-state index contributed by atoms with van der Waals surface area (Å²) in [7, 11) is 0. The van der Waals surface area contributed by atoms with Crippen LogP contribution in [0.3, 0.4) is 0 Å². The molecule has 1 saturated carbocycles. The summed E-state index contributed by atoms with van der Waals surface area (Å²) in [6, 6.07) is 0. The highest BCUT2D eigenvalue weighted by molar-refractivity contribution is 14.0. The van der Waals surface area contributed by atoms with Gasteiger partial charge >= 0.3 is 0 Å². The molecule has 3 unspecified atom stereocenters. The third-order valence-corrected chi connectivity index (χ3v) is 4.12. The topological polar surface area (TPSA) is 50.8 Å². The highest BCUT2D eigenvalue weighted by Crippen LogP contribution is 2.28. The summed E-state index contributed by atoms with van der Waals surface area (Å²) in [5.41, 5.74) is 6.08. The number of ether oxygens (including phenoxy) is 1. The Bertz CT molecular complexity index is 298. The van der Waals surface area contributed by atoms with Crippen molar-refractivity contribution in [2.75, 3.05) is 26.2 Å². The maximum absolute atomic E-state index is 6.08. The van der Waals surface area contributed by atoms with E-state index < -0.39 is 0 Å². The van der Waals surface area contributed by atoms with E-state index in [1.54, 1.807) is 0 Å². The molecule has 0 aromatic heterocycles. The molecule has 2 aliphatic rings. The molecule has 2 fully saturated rings. The Hall–Kier alpha value is -0.0400. The first-order valence-corrected chi connectivity index (χ1v) is 7.31. The van der Waals surface area contributed by atoms with E-state index in [1.807, 2.05) is 0 Å². The Balaban J connectivity index is 0.00000180. The second-order valence-corrected chi connectivity index (χ2v) is 5.96. The number of nitrogens with two attached hydrogens (primary N) is 1. The van der Waals surface area contributed by atoms with E-state index >= 15 is 0 Å². The highest BCUT2D eigenvalue weighted by atomic mass is 127. The smallest absolute Gasteiger partial charge is 0.191 e. The molecule has 0 amide bonds. The number of guanidine groups is 1. The number of nitrogens with zero attached hydrogens (tertiary/aromatic N) is 2. The van der Waals surface area contributed by atoms with E-state index in [0.717, 1.165) is 38.1 Å². The van der Waals surface area contributed by atoms with E-state index in [0.29, 0.717) is 5.96 Å². The number of aliphatic imine (C=N–C) groups is 1. The van der Waals surface area contributed by atoms with E-state index in [4.69, 9.17) is 10.5 Å². The number of morpholine rings is 1. The van der Waals surface area contributed by atoms with Crippen LogP contribution < -0.4 is 5.73 Å². The molecular weight excluding hydrogens is 353 g/mol. The number of hydrogen-bond donors (Lipinski definition) is 1. The molecule has 5 heteroatoms. The molecule has 4 nitrogen and oxygen atoms in total. The van der Waals surface area contributed by atoms with Crippen molar-refractivity contribution >= 4 is 29.9 Å². The zero-order valence-corrected chi connectivity index (χ0v) is 14.5. The fourth-order valence-corrected chi connectivity index (χ4v) is 3.07. The molecule has 0 spiro atoms. The first-order chi connectivity index (χ1) is 8.65. The van der Waals surface area contributed by atoms with Gasteiger partial charge in [-0.1, -0.05) is 19.8 Å². The van der Waals surface area contributed by atoms with Crippen LogP contribution >= 0.6 is 24.0 Å². The number of hydrogen-bond acceptors (Lipinski definition) is 2. The summed E-state index contributed by atoms with van der Waals surface area (Å²) in [4.78, 5) is 6.76. The van der Waals surface area contributed by atoms with Crippen LogP contribution in [0.4, 0.5) is 0 Å². The van der Waals surface area contributed by atoms with E-state index in [1.165, 1.54) is 25.7 Å². The van der Waals surface area contributed by atoms with Crippen molar-refractivity contribution in [2.45, 2.75) is 45.6 Å². The van der Waals surface area contributed by atoms with Crippen molar-refractivity contribution in [3.8, 4) is 0 Å². The lowest BCUT2D eigenvalue weighted by atomic mass is 9.82. The van der Waals surface area contributed by atoms with Crippen LogP contribution in [0.15, 0.2) is 4.99 Å². The van der Waals surface area contributed by atoms with E-state index in [-0.39, 0.29) is 30.1 Å². The molecule has 112 valence electrons. The van der Waals surface area contributed by atoms with Gasteiger partial charge in [-0.2, -0.15) is 0 Å². The van der Waals surface area contributed by atoms with Crippen molar-refractivity contribution in [3.63, 3.8) is 0 Å². The minimum Gasteiger partial charge on any atom is -0.375 e. The van der Waals surface area contributed by atoms with Crippen molar-refractivity contribution in [1.82, 2.24) is 4.90 Å². The monoisotopic (exact) mass is 381 g/mol. The average molecular weight is 381 g/mol. The summed E-state index contributed by atoms with van der Waals surface area (Å²) in [6.45, 7) is 7.85. The fraction of sp³-hybridized carbons (Fsp3) is 0.929. The molecule has 1 saturated heterocycles. The molecule has 0 radical (unpaired) electrons. The summed E-state index contributed by atoms with van der Waals surface area (Å²) in [5.74, 6) is 2.32. The first kappa shape index (κ1) is 17.0. The summed E-state index contributed by atoms with van der Waals surface area (Å²) < 4.78 is 5.51. The third-order valence-electron chi connectivity index (χ3n) is 4.12. The van der Waals surface area contributed by atoms with Crippen LogP contribution in [-0.2, 0) is 4.74 Å². The Morgan fingerprint density at radius 3 is 2.84 bits per heavy atom. The van der Waals surface area contributed by atoms with Gasteiger partial charge in [-0.05, 0) is 31.6 Å². The van der Waals surface area contributed by atoms with Gasteiger partial charge in [0.2, 0.25) is 0 Å². The fourth-order valence-electron chi connectivity index (χ4n) is 3.07. The minimum absolute atomic E-state index is 0. The Morgan fingerprint density at radius 2 is 2.16 bits per heavy atom. The van der Waals surface area contributed by atoms with Crippen LogP contribution in [-0.4, -0.2) is 43.2 Å². The molecular formula is C14H28IN3O. The molecule has 2 N–H and O–H groups in total. The van der Waals surface area contributed by atoms with Gasteiger partial charge in [-0.15, -0.1) is 24.0 Å². The van der Waals surface area contributed by atoms with Gasteiger partial charge in [0, 0.05) is 19.6 Å². The molecule has 1 aliphatic carbocycles. The molecule has 19 heavy (non-hydrogen) atoms. The van der Waals surface area contributed by atoms with Crippen LogP contribution in [0.5, 0.6) is 0 Å². The second kappa shape index (κ2) is 8.29. The Morgan fingerprint density at radius 1 is 1.37 bits per heavy atom. The normalized spacial score (nSPS) is 32.8. The maximum atomic E-state index is 6.08. The zero-order chi connectivity index (χ0) is 13.0. The quantitative estimate of drug-likeness (QED) is 0.454. The van der Waals surface area contributed by atoms with Crippen LogP contribution in [0, 0.1) is 11.8 Å². The standard InChI is InChI=1S/C14H27N3O.HI/c1-11-4-3-5-13(8-11)9-16-14(15)17-6-7-18-12(2)10-17;/h11-13H,3-10H2,1-2H3,(H2,15,16);1H. The summed E-state index contributed by atoms with van der Waals surface area (Å²) in [5, 5.41) is 0. The van der Waals surface area contributed by atoms with Gasteiger partial charge in [0.15, 0.2) is 5.96 Å². The van der Waals surface area contributed by atoms with Crippen LogP contribution in [0.25, 0.3) is 0 Å². The predicted molar refractivity (Wildman–Crippen MR) is 90.0 cm³/mol. The molecule has 0 aromatic rings. The van der Waals surface area contributed by atoms with Crippen LogP contribution in [0.2, 0.25) is 0 Å². The van der Waals surface area contributed by atoms with Crippen LogP contribution in [0.1, 0.15) is 39.5 Å². The first-order valence-electron chi connectivity index (χ1n) is 7.31. The van der Waals surface area contributed by atoms with Gasteiger partial charge in [0.25, 0.3) is 0 Å². The Labute approximate surface area is 134 Å². The number of halogens is 1. The van der Waals surface area contributed by atoms with Crippen molar-refractivity contribution in [1.29, 1.82) is 0 Å². The van der Waals surface area contributed by atoms with E-state index in [9.17, 15) is 0 Å². The molecule has 0 bridgehead atoms. The largest absolute Gasteiger partial charge is 0.375 e. The highest BCUT2D eigenvalue weighted by Gasteiger charge is 2.20. The maximum Gasteiger partial charge on any atom is 0.191 e. The SMILES string of the molecule is CC1CCCC(CN=C(N)N2CCOC(C)C2)C1.I. The Kier molecular flexibility index (Phi) is 7.42. The van der Waals surface area contributed by atoms with Crippen molar-refractivity contribution in [2.24, 2.45) is 22.6 Å². The second-order valence-electron chi connectivity index (χ2n) is 5.96. The average Bonchev–Trinajstić information content (AvgIpc) is 2.36.